The Morgan fingerprint density at radius 2 is 1.67 bits per heavy atom. The highest BCUT2D eigenvalue weighted by Gasteiger charge is 2.69. The van der Waals surface area contributed by atoms with Gasteiger partial charge in [0.15, 0.2) is 11.6 Å². The number of halogens is 3. The summed E-state index contributed by atoms with van der Waals surface area (Å²) >= 11 is 2.95. The molecule has 2 amide bonds. The molecule has 1 aromatic carbocycles. The number of allylic oxidation sites excluding steroid dienone is 2. The lowest BCUT2D eigenvalue weighted by atomic mass is 9.81. The first-order chi connectivity index (χ1) is 15.9. The predicted molar refractivity (Wildman–Crippen MR) is 125 cm³/mol. The number of nitrogens with zero attached hydrogens (tertiary/aromatic N) is 1. The first-order valence-electron chi connectivity index (χ1n) is 12.0. The number of unbranched alkanes of at least 4 members (excludes halogenated alkanes) is 1. The molecule has 0 radical (unpaired) electrons. The minimum atomic E-state index is -1.10. The van der Waals surface area contributed by atoms with Crippen LogP contribution in [0.15, 0.2) is 28.8 Å². The maximum atomic E-state index is 14.4. The molecule has 1 heterocycles. The third-order valence-electron chi connectivity index (χ3n) is 8.14. The molecule has 2 saturated carbocycles. The molecule has 5 rings (SSSR count). The van der Waals surface area contributed by atoms with E-state index in [-0.39, 0.29) is 33.3 Å². The van der Waals surface area contributed by atoms with Gasteiger partial charge >= 0.3 is 0 Å². The number of hydrogen-bond donors (Lipinski definition) is 2. The summed E-state index contributed by atoms with van der Waals surface area (Å²) < 4.78 is 28.3. The van der Waals surface area contributed by atoms with Crippen LogP contribution < -0.4 is 10.6 Å². The number of amides is 2. The van der Waals surface area contributed by atoms with Crippen molar-refractivity contribution in [3.05, 3.63) is 40.4 Å². The van der Waals surface area contributed by atoms with E-state index < -0.39 is 29.4 Å². The fourth-order valence-electron chi connectivity index (χ4n) is 6.34. The Labute approximate surface area is 201 Å². The second-order valence-corrected chi connectivity index (χ2v) is 10.8. The molecule has 1 aromatic rings. The summed E-state index contributed by atoms with van der Waals surface area (Å²) in [4.78, 5) is 29.0. The minimum absolute atomic E-state index is 0.000209. The Kier molecular flexibility index (Phi) is 6.33. The number of carbonyl (C=O) groups is 2. The molecule has 4 aliphatic rings. The van der Waals surface area contributed by atoms with Crippen LogP contribution in [0.1, 0.15) is 38.5 Å². The smallest absolute Gasteiger partial charge is 0.229 e. The Bertz CT molecular complexity index is 975. The van der Waals surface area contributed by atoms with E-state index in [1.807, 2.05) is 0 Å². The van der Waals surface area contributed by atoms with Gasteiger partial charge in [-0.25, -0.2) is 8.78 Å². The van der Waals surface area contributed by atoms with E-state index in [0.717, 1.165) is 32.2 Å². The summed E-state index contributed by atoms with van der Waals surface area (Å²) in [5.41, 5.74) is -0.207. The molecule has 0 aromatic heterocycles. The van der Waals surface area contributed by atoms with Crippen LogP contribution in [-0.2, 0) is 9.59 Å². The van der Waals surface area contributed by atoms with Gasteiger partial charge in [0.1, 0.15) is 0 Å². The first-order valence-corrected chi connectivity index (χ1v) is 12.8. The van der Waals surface area contributed by atoms with Gasteiger partial charge in [-0.2, -0.15) is 0 Å². The molecule has 1 spiro atoms. The Morgan fingerprint density at radius 3 is 2.33 bits per heavy atom. The van der Waals surface area contributed by atoms with Crippen LogP contribution >= 0.6 is 15.9 Å². The number of carbonyl (C=O) groups excluding carboxylic acids is 2. The van der Waals surface area contributed by atoms with Crippen molar-refractivity contribution in [3.8, 4) is 0 Å². The molecule has 5 nitrogen and oxygen atoms in total. The van der Waals surface area contributed by atoms with Crippen LogP contribution in [0.3, 0.4) is 0 Å². The van der Waals surface area contributed by atoms with E-state index >= 15 is 0 Å². The molecular formula is C25H30BrF2N3O2. The number of nitrogens with one attached hydrogen (secondary N) is 2. The summed E-state index contributed by atoms with van der Waals surface area (Å²) in [6, 6.07) is 2.70. The van der Waals surface area contributed by atoms with E-state index in [9.17, 15) is 18.4 Å². The van der Waals surface area contributed by atoms with Crippen LogP contribution in [0.2, 0.25) is 0 Å². The molecule has 178 valence electrons. The molecule has 2 N–H and O–H groups in total. The Hall–Kier alpha value is -1.80. The lowest BCUT2D eigenvalue weighted by Crippen LogP contribution is -2.42. The Balaban J connectivity index is 1.24. The van der Waals surface area contributed by atoms with Crippen molar-refractivity contribution in [3.63, 3.8) is 0 Å². The lowest BCUT2D eigenvalue weighted by molar-refractivity contribution is -0.132. The number of hydrogen-bond acceptors (Lipinski definition) is 3. The van der Waals surface area contributed by atoms with E-state index in [4.69, 9.17) is 0 Å². The van der Waals surface area contributed by atoms with Crippen LogP contribution in [0.4, 0.5) is 14.5 Å². The van der Waals surface area contributed by atoms with Crippen molar-refractivity contribution >= 4 is 33.4 Å². The quantitative estimate of drug-likeness (QED) is 0.301. The maximum Gasteiger partial charge on any atom is 0.229 e. The standard InChI is InChI=1S/C25H30BrF2N3O2/c26-17-7-8-18(22(28)21(17)27)30-24(33)20-16-6-5-15(25(16)9-10-25)19(20)23(32)29-11-1-2-12-31-13-3-4-14-31/h5-8,15-16,19-20H,1-4,9-14H2,(H,29,32)(H,30,33)/t15-,16+,19-,20-/m1/s1. The van der Waals surface area contributed by atoms with E-state index in [1.165, 1.54) is 38.1 Å². The van der Waals surface area contributed by atoms with Gasteiger partial charge in [0, 0.05) is 6.54 Å². The van der Waals surface area contributed by atoms with E-state index in [0.29, 0.717) is 6.54 Å². The highest BCUT2D eigenvalue weighted by molar-refractivity contribution is 9.10. The summed E-state index contributed by atoms with van der Waals surface area (Å²) in [7, 11) is 0. The zero-order chi connectivity index (χ0) is 23.2. The highest BCUT2D eigenvalue weighted by Crippen LogP contribution is 2.72. The summed E-state index contributed by atoms with van der Waals surface area (Å²) in [6.45, 7) is 4.01. The number of benzene rings is 1. The van der Waals surface area contributed by atoms with Crippen molar-refractivity contribution in [1.29, 1.82) is 0 Å². The van der Waals surface area contributed by atoms with Crippen molar-refractivity contribution in [2.75, 3.05) is 31.5 Å². The highest BCUT2D eigenvalue weighted by atomic mass is 79.9. The zero-order valence-corrected chi connectivity index (χ0v) is 20.2. The van der Waals surface area contributed by atoms with Crippen LogP contribution in [0.5, 0.6) is 0 Å². The normalized spacial score (nSPS) is 29.1. The third kappa shape index (κ3) is 4.14. The molecule has 3 aliphatic carbocycles. The minimum Gasteiger partial charge on any atom is -0.356 e. The lowest BCUT2D eigenvalue weighted by Gasteiger charge is -2.26. The maximum absolute atomic E-state index is 14.4. The van der Waals surface area contributed by atoms with E-state index in [2.05, 4.69) is 43.6 Å². The fraction of sp³-hybridized carbons (Fsp3) is 0.600. The zero-order valence-electron chi connectivity index (χ0n) is 18.6. The van der Waals surface area contributed by atoms with Crippen molar-refractivity contribution in [2.24, 2.45) is 29.1 Å². The largest absolute Gasteiger partial charge is 0.356 e. The van der Waals surface area contributed by atoms with Crippen molar-refractivity contribution in [2.45, 2.75) is 38.5 Å². The predicted octanol–water partition coefficient (Wildman–Crippen LogP) is 4.49. The monoisotopic (exact) mass is 521 g/mol. The number of anilines is 1. The van der Waals surface area contributed by atoms with Gasteiger partial charge in [-0.05, 0) is 103 Å². The van der Waals surface area contributed by atoms with Crippen LogP contribution in [0.25, 0.3) is 0 Å². The summed E-state index contributed by atoms with van der Waals surface area (Å²) in [6.07, 6.45) is 10.6. The second kappa shape index (κ2) is 9.10. The summed E-state index contributed by atoms with van der Waals surface area (Å²) in [5, 5.41) is 5.63. The molecule has 33 heavy (non-hydrogen) atoms. The van der Waals surface area contributed by atoms with Gasteiger partial charge in [0.25, 0.3) is 0 Å². The van der Waals surface area contributed by atoms with Gasteiger partial charge in [-0.15, -0.1) is 0 Å². The van der Waals surface area contributed by atoms with Gasteiger partial charge in [0.2, 0.25) is 11.8 Å². The van der Waals surface area contributed by atoms with Gasteiger partial charge < -0.3 is 15.5 Å². The average Bonchev–Trinajstić information content (AvgIpc) is 3.16. The van der Waals surface area contributed by atoms with Crippen molar-refractivity contribution < 1.29 is 18.4 Å². The number of rotatable bonds is 8. The topological polar surface area (TPSA) is 61.4 Å². The molecule has 2 bridgehead atoms. The van der Waals surface area contributed by atoms with Gasteiger partial charge in [-0.3, -0.25) is 9.59 Å². The summed E-state index contributed by atoms with van der Waals surface area (Å²) in [5.74, 6) is -3.68. The molecule has 1 aliphatic heterocycles. The first kappa shape index (κ1) is 23.0. The molecule has 4 atom stereocenters. The van der Waals surface area contributed by atoms with Crippen molar-refractivity contribution in [1.82, 2.24) is 10.2 Å². The molecular weight excluding hydrogens is 492 g/mol. The molecule has 8 heteroatoms. The average molecular weight is 522 g/mol. The molecule has 0 unspecified atom stereocenters. The second-order valence-electron chi connectivity index (χ2n) is 9.98. The SMILES string of the molecule is O=C(NCCCCN1CCCC1)[C@H]1[C@H](C(=O)Nc2ccc(Br)c(F)c2F)[C@@H]2C=C[C@H]1C21CC1. The fourth-order valence-corrected chi connectivity index (χ4v) is 6.65. The number of likely N-dealkylation sites (tertiary alicyclic amines) is 1. The van der Waals surface area contributed by atoms with E-state index in [1.54, 1.807) is 0 Å². The molecule has 3 fully saturated rings. The van der Waals surface area contributed by atoms with Gasteiger partial charge in [-0.1, -0.05) is 12.2 Å². The third-order valence-corrected chi connectivity index (χ3v) is 8.75. The molecule has 1 saturated heterocycles. The van der Waals surface area contributed by atoms with Crippen LogP contribution in [-0.4, -0.2) is 42.9 Å². The van der Waals surface area contributed by atoms with Crippen LogP contribution in [0, 0.1) is 40.7 Å². The Morgan fingerprint density at radius 1 is 1.00 bits per heavy atom. The van der Waals surface area contributed by atoms with Gasteiger partial charge in [0.05, 0.1) is 22.0 Å².